The molecule has 0 aromatic heterocycles. The molecule has 5 aliphatic carbocycles. The lowest BCUT2D eigenvalue weighted by Gasteiger charge is -2.68. The van der Waals surface area contributed by atoms with Crippen molar-refractivity contribution in [1.29, 1.82) is 0 Å². The van der Waals surface area contributed by atoms with E-state index in [9.17, 15) is 29.7 Å². The van der Waals surface area contributed by atoms with Gasteiger partial charge in [-0.15, -0.1) is 0 Å². The molecule has 0 aromatic carbocycles. The number of hydrogen-bond donors (Lipinski definition) is 3. The van der Waals surface area contributed by atoms with Crippen LogP contribution in [0.15, 0.2) is 11.6 Å². The van der Waals surface area contributed by atoms with Gasteiger partial charge in [0.1, 0.15) is 0 Å². The fraction of sp³-hybridized carbons (Fsp3) is 0.792. The van der Waals surface area contributed by atoms with Gasteiger partial charge >= 0.3 is 17.9 Å². The molecule has 3 saturated carbocycles. The van der Waals surface area contributed by atoms with E-state index in [1.807, 2.05) is 6.92 Å². The van der Waals surface area contributed by atoms with Crippen LogP contribution < -0.4 is 0 Å². The van der Waals surface area contributed by atoms with E-state index in [-0.39, 0.29) is 29.1 Å². The maximum Gasteiger partial charge on any atom is 0.309 e. The summed E-state index contributed by atoms with van der Waals surface area (Å²) >= 11 is 0. The van der Waals surface area contributed by atoms with Crippen LogP contribution in [0.5, 0.6) is 0 Å². The smallest absolute Gasteiger partial charge is 0.309 e. The van der Waals surface area contributed by atoms with Crippen molar-refractivity contribution in [2.24, 2.45) is 51.8 Å². The van der Waals surface area contributed by atoms with E-state index in [0.717, 1.165) is 18.4 Å². The van der Waals surface area contributed by atoms with Gasteiger partial charge in [0.05, 0.1) is 17.3 Å². The minimum atomic E-state index is -1.02. The van der Waals surface area contributed by atoms with Crippen LogP contribution in [-0.4, -0.2) is 33.2 Å². The molecule has 0 unspecified atom stereocenters. The Labute approximate surface area is 177 Å². The Balaban J connectivity index is 1.89. The second kappa shape index (κ2) is 6.57. The van der Waals surface area contributed by atoms with Gasteiger partial charge in [0.2, 0.25) is 0 Å². The minimum absolute atomic E-state index is 0.00641. The SMILES string of the molecule is CC(C)C1=C[C@@]23CC[C@@H]4[C@](C)(CCC[C@@]4(C)C(=O)O)[C@H]2C[C@@H]1[C@@H](C(=O)O)[C@@H]3C(=O)O. The predicted octanol–water partition coefficient (Wildman–Crippen LogP) is 4.30. The number of carboxylic acid groups (broad SMARTS) is 3. The Morgan fingerprint density at radius 3 is 2.20 bits per heavy atom. The average Bonchev–Trinajstić information content (AvgIpc) is 2.65. The maximum atomic E-state index is 12.5. The number of fused-ring (bicyclic) bond motifs is 2. The molecular weight excluding hydrogens is 384 g/mol. The Hall–Kier alpha value is -1.85. The first-order valence-corrected chi connectivity index (χ1v) is 11.3. The zero-order valence-corrected chi connectivity index (χ0v) is 18.4. The topological polar surface area (TPSA) is 112 Å². The van der Waals surface area contributed by atoms with E-state index in [1.165, 1.54) is 0 Å². The zero-order valence-electron chi connectivity index (χ0n) is 18.4. The van der Waals surface area contributed by atoms with Crippen LogP contribution >= 0.6 is 0 Å². The van der Waals surface area contributed by atoms with Crippen LogP contribution in [0.25, 0.3) is 0 Å². The highest BCUT2D eigenvalue weighted by Gasteiger charge is 2.71. The van der Waals surface area contributed by atoms with Crippen molar-refractivity contribution in [2.45, 2.75) is 66.2 Å². The molecule has 3 fully saturated rings. The molecule has 0 aliphatic heterocycles. The van der Waals surface area contributed by atoms with Crippen molar-refractivity contribution in [3.8, 4) is 0 Å². The summed E-state index contributed by atoms with van der Waals surface area (Å²) in [5, 5.41) is 30.3. The van der Waals surface area contributed by atoms with E-state index in [0.29, 0.717) is 25.7 Å². The Morgan fingerprint density at radius 2 is 1.67 bits per heavy atom. The van der Waals surface area contributed by atoms with E-state index in [1.54, 1.807) is 0 Å². The average molecular weight is 419 g/mol. The lowest BCUT2D eigenvalue weighted by molar-refractivity contribution is -0.207. The van der Waals surface area contributed by atoms with Crippen LogP contribution in [0.4, 0.5) is 0 Å². The second-order valence-electron chi connectivity index (χ2n) is 11.2. The van der Waals surface area contributed by atoms with E-state index >= 15 is 0 Å². The van der Waals surface area contributed by atoms with Crippen molar-refractivity contribution < 1.29 is 29.7 Å². The molecule has 6 heteroatoms. The lowest BCUT2D eigenvalue weighted by Crippen LogP contribution is -2.66. The molecule has 0 aromatic rings. The summed E-state index contributed by atoms with van der Waals surface area (Å²) in [7, 11) is 0. The fourth-order valence-electron chi connectivity index (χ4n) is 8.56. The highest BCUT2D eigenvalue weighted by molar-refractivity contribution is 5.83. The number of aliphatic carboxylic acids is 3. The van der Waals surface area contributed by atoms with Gasteiger partial charge in [0.25, 0.3) is 0 Å². The number of hydrogen-bond acceptors (Lipinski definition) is 3. The fourth-order valence-corrected chi connectivity index (χ4v) is 8.56. The van der Waals surface area contributed by atoms with Gasteiger partial charge < -0.3 is 15.3 Å². The van der Waals surface area contributed by atoms with E-state index in [2.05, 4.69) is 26.8 Å². The number of carbonyl (C=O) groups is 3. The molecule has 166 valence electrons. The summed E-state index contributed by atoms with van der Waals surface area (Å²) in [5.41, 5.74) is -0.709. The first kappa shape index (κ1) is 21.4. The maximum absolute atomic E-state index is 12.5. The van der Waals surface area contributed by atoms with Gasteiger partial charge in [-0.05, 0) is 68.1 Å². The highest BCUT2D eigenvalue weighted by atomic mass is 16.4. The first-order chi connectivity index (χ1) is 13.9. The number of rotatable bonds is 4. The third-order valence-corrected chi connectivity index (χ3v) is 9.72. The second-order valence-corrected chi connectivity index (χ2v) is 11.2. The summed E-state index contributed by atoms with van der Waals surface area (Å²) in [6, 6.07) is 0. The zero-order chi connectivity index (χ0) is 22.2. The van der Waals surface area contributed by atoms with Gasteiger partial charge in [-0.3, -0.25) is 14.4 Å². The molecule has 0 amide bonds. The standard InChI is InChI=1S/C24H34O6/c1-12(2)14-11-24-9-6-15-22(3,7-5-8-23(15,4)21(29)30)16(24)10-13(14)17(19(25)26)18(24)20(27)28/h11-13,15-18H,5-10H2,1-4H3,(H,25,26)(H,27,28)(H,29,30)/t13-,15+,16+,17+,18+,22-,23+,24-/m0/s1. The molecular formula is C24H34O6. The van der Waals surface area contributed by atoms with Gasteiger partial charge in [0, 0.05) is 5.41 Å². The van der Waals surface area contributed by atoms with E-state index < -0.39 is 40.6 Å². The molecule has 0 heterocycles. The molecule has 0 radical (unpaired) electrons. The Kier molecular flexibility index (Phi) is 4.68. The van der Waals surface area contributed by atoms with Gasteiger partial charge in [-0.2, -0.15) is 0 Å². The lowest BCUT2D eigenvalue weighted by atomic mass is 9.34. The molecule has 6 nitrogen and oxygen atoms in total. The molecule has 3 N–H and O–H groups in total. The largest absolute Gasteiger partial charge is 0.481 e. The Bertz CT molecular complexity index is 830. The van der Waals surface area contributed by atoms with Crippen molar-refractivity contribution in [3.63, 3.8) is 0 Å². The first-order valence-electron chi connectivity index (χ1n) is 11.3. The van der Waals surface area contributed by atoms with Crippen LogP contribution in [0, 0.1) is 51.8 Å². The summed E-state index contributed by atoms with van der Waals surface area (Å²) in [4.78, 5) is 37.0. The Morgan fingerprint density at radius 1 is 1.00 bits per heavy atom. The van der Waals surface area contributed by atoms with Gasteiger partial charge in [-0.1, -0.05) is 38.8 Å². The number of allylic oxidation sites excluding steroid dienone is 2. The molecule has 5 aliphatic rings. The van der Waals surface area contributed by atoms with Crippen LogP contribution in [0.1, 0.15) is 66.2 Å². The number of carboxylic acids is 3. The summed E-state index contributed by atoms with van der Waals surface area (Å²) in [6.45, 7) is 8.15. The van der Waals surface area contributed by atoms with Crippen LogP contribution in [-0.2, 0) is 14.4 Å². The third kappa shape index (κ3) is 2.51. The summed E-state index contributed by atoms with van der Waals surface area (Å²) in [5.74, 6) is -4.76. The van der Waals surface area contributed by atoms with Gasteiger partial charge in [-0.25, -0.2) is 0 Å². The quantitative estimate of drug-likeness (QED) is 0.587. The van der Waals surface area contributed by atoms with Crippen molar-refractivity contribution in [1.82, 2.24) is 0 Å². The molecule has 5 rings (SSSR count). The van der Waals surface area contributed by atoms with E-state index in [4.69, 9.17) is 0 Å². The predicted molar refractivity (Wildman–Crippen MR) is 110 cm³/mol. The monoisotopic (exact) mass is 418 g/mol. The van der Waals surface area contributed by atoms with Crippen molar-refractivity contribution >= 4 is 17.9 Å². The summed E-state index contributed by atoms with van der Waals surface area (Å²) in [6.07, 6.45) is 6.36. The molecule has 0 saturated heterocycles. The molecule has 1 spiro atoms. The molecule has 8 atom stereocenters. The third-order valence-electron chi connectivity index (χ3n) is 9.72. The van der Waals surface area contributed by atoms with Crippen molar-refractivity contribution in [3.05, 3.63) is 11.6 Å². The normalized spacial score (nSPS) is 47.2. The highest BCUT2D eigenvalue weighted by Crippen LogP contribution is 2.73. The van der Waals surface area contributed by atoms with Crippen molar-refractivity contribution in [2.75, 3.05) is 0 Å². The molecule has 30 heavy (non-hydrogen) atoms. The summed E-state index contributed by atoms with van der Waals surface area (Å²) < 4.78 is 0. The van der Waals surface area contributed by atoms with Crippen LogP contribution in [0.2, 0.25) is 0 Å². The van der Waals surface area contributed by atoms with Gasteiger partial charge in [0.15, 0.2) is 0 Å². The minimum Gasteiger partial charge on any atom is -0.481 e. The molecule has 2 bridgehead atoms. The van der Waals surface area contributed by atoms with Crippen LogP contribution in [0.3, 0.4) is 0 Å².